The summed E-state index contributed by atoms with van der Waals surface area (Å²) in [6, 6.07) is 3.49. The van der Waals surface area contributed by atoms with E-state index in [1.54, 1.807) is 18.3 Å². The number of aromatic nitrogens is 5. The Bertz CT molecular complexity index is 1290. The van der Waals surface area contributed by atoms with E-state index < -0.39 is 17.5 Å². The van der Waals surface area contributed by atoms with Gasteiger partial charge in [-0.3, -0.25) is 19.6 Å². The number of amides is 1. The molecule has 5 rings (SSSR count). The number of pyridine rings is 1. The molecule has 0 bridgehead atoms. The number of rotatable bonds is 4. The van der Waals surface area contributed by atoms with E-state index in [0.29, 0.717) is 11.0 Å². The van der Waals surface area contributed by atoms with E-state index in [-0.39, 0.29) is 39.6 Å². The fraction of sp³-hybridized carbons (Fsp3) is 0.263. The number of anilines is 2. The number of benzene rings is 1. The molecule has 3 heterocycles. The molecule has 1 aliphatic rings. The highest BCUT2D eigenvalue weighted by Gasteiger charge is 2.33. The number of carbonyl (C=O) groups is 1. The highest BCUT2D eigenvalue weighted by molar-refractivity contribution is 6.07. The van der Waals surface area contributed by atoms with Crippen molar-refractivity contribution in [1.29, 1.82) is 0 Å². The largest absolute Gasteiger partial charge is 0.364 e. The van der Waals surface area contributed by atoms with E-state index >= 15 is 8.78 Å². The van der Waals surface area contributed by atoms with Gasteiger partial charge >= 0.3 is 0 Å². The summed E-state index contributed by atoms with van der Waals surface area (Å²) in [5.74, 6) is -2.37. The summed E-state index contributed by atoms with van der Waals surface area (Å²) in [6.45, 7) is 0. The van der Waals surface area contributed by atoms with E-state index in [1.807, 2.05) is 0 Å². The van der Waals surface area contributed by atoms with E-state index in [0.717, 1.165) is 19.3 Å². The zero-order valence-corrected chi connectivity index (χ0v) is 15.5. The molecule has 0 saturated heterocycles. The van der Waals surface area contributed by atoms with Crippen molar-refractivity contribution in [2.75, 3.05) is 5.32 Å². The van der Waals surface area contributed by atoms with Gasteiger partial charge in [0, 0.05) is 24.2 Å². The first-order valence-electron chi connectivity index (χ1n) is 9.20. The maximum absolute atomic E-state index is 15.6. The van der Waals surface area contributed by atoms with Crippen molar-refractivity contribution >= 4 is 39.3 Å². The minimum absolute atomic E-state index is 0.0254. The molecular formula is C19H17F2N7O. The lowest BCUT2D eigenvalue weighted by Gasteiger charge is -2.28. The first-order chi connectivity index (χ1) is 14.0. The summed E-state index contributed by atoms with van der Waals surface area (Å²) in [6.07, 6.45) is 4.00. The molecule has 8 nitrogen and oxygen atoms in total. The zero-order chi connectivity index (χ0) is 20.3. The highest BCUT2D eigenvalue weighted by Crippen LogP contribution is 2.45. The number of hydrogen-bond donors (Lipinski definition) is 3. The lowest BCUT2D eigenvalue weighted by atomic mass is 9.78. The third kappa shape index (κ3) is 2.48. The maximum atomic E-state index is 15.6. The molecule has 10 heteroatoms. The molecule has 1 aromatic carbocycles. The first-order valence-corrected chi connectivity index (χ1v) is 9.20. The number of aromatic amines is 1. The molecule has 4 aromatic rings. The zero-order valence-electron chi connectivity index (χ0n) is 15.5. The Labute approximate surface area is 163 Å². The summed E-state index contributed by atoms with van der Waals surface area (Å²) in [5.41, 5.74) is 6.34. The molecule has 1 aliphatic carbocycles. The number of primary amides is 1. The molecule has 3 aromatic heterocycles. The molecule has 1 saturated carbocycles. The summed E-state index contributed by atoms with van der Waals surface area (Å²) in [4.78, 5) is 16.1. The average Bonchev–Trinajstić information content (AvgIpc) is 3.22. The van der Waals surface area contributed by atoms with Gasteiger partial charge in [0.15, 0.2) is 23.1 Å². The van der Waals surface area contributed by atoms with Crippen molar-refractivity contribution in [2.45, 2.75) is 25.2 Å². The quantitative estimate of drug-likeness (QED) is 0.489. The van der Waals surface area contributed by atoms with Crippen LogP contribution in [0, 0.1) is 11.6 Å². The van der Waals surface area contributed by atoms with Crippen LogP contribution in [0.25, 0.3) is 21.9 Å². The molecule has 0 atom stereocenters. The van der Waals surface area contributed by atoms with Crippen molar-refractivity contribution in [3.63, 3.8) is 0 Å². The SMILES string of the molecule is Cn1nc(C(N)=O)c2c(C3CCC3)c(F)c(Nc3n[nH]c4cccnc34)c(F)c21. The van der Waals surface area contributed by atoms with Crippen molar-refractivity contribution in [1.82, 2.24) is 25.0 Å². The number of aryl methyl sites for hydroxylation is 1. The minimum atomic E-state index is -0.866. The van der Waals surface area contributed by atoms with Crippen LogP contribution in [-0.4, -0.2) is 30.9 Å². The number of fused-ring (bicyclic) bond motifs is 2. The normalized spacial score (nSPS) is 14.4. The van der Waals surface area contributed by atoms with Gasteiger partial charge in [0.2, 0.25) is 0 Å². The Kier molecular flexibility index (Phi) is 3.76. The first kappa shape index (κ1) is 17.5. The number of nitrogens with zero attached hydrogens (tertiary/aromatic N) is 4. The van der Waals surface area contributed by atoms with E-state index in [4.69, 9.17) is 5.73 Å². The number of carbonyl (C=O) groups excluding carboxylic acids is 1. The Morgan fingerprint density at radius 1 is 1.34 bits per heavy atom. The van der Waals surface area contributed by atoms with E-state index in [2.05, 4.69) is 25.6 Å². The Morgan fingerprint density at radius 2 is 2.14 bits per heavy atom. The van der Waals surface area contributed by atoms with Gasteiger partial charge in [0.1, 0.15) is 16.7 Å². The van der Waals surface area contributed by atoms with Crippen molar-refractivity contribution < 1.29 is 13.6 Å². The molecule has 0 radical (unpaired) electrons. The molecule has 1 fully saturated rings. The van der Waals surface area contributed by atoms with Crippen LogP contribution < -0.4 is 11.1 Å². The van der Waals surface area contributed by atoms with Crippen LogP contribution in [0.3, 0.4) is 0 Å². The van der Waals surface area contributed by atoms with Crippen molar-refractivity contribution in [3.8, 4) is 0 Å². The Hall–Kier alpha value is -3.56. The van der Waals surface area contributed by atoms with Crippen LogP contribution in [0.15, 0.2) is 18.3 Å². The third-order valence-corrected chi connectivity index (χ3v) is 5.51. The molecule has 148 valence electrons. The lowest BCUT2D eigenvalue weighted by Crippen LogP contribution is -2.17. The summed E-state index contributed by atoms with van der Waals surface area (Å²) < 4.78 is 32.3. The minimum Gasteiger partial charge on any atom is -0.364 e. The highest BCUT2D eigenvalue weighted by atomic mass is 19.1. The maximum Gasteiger partial charge on any atom is 0.269 e. The van der Waals surface area contributed by atoms with Crippen LogP contribution in [0.5, 0.6) is 0 Å². The van der Waals surface area contributed by atoms with Crippen LogP contribution in [0.1, 0.15) is 41.2 Å². The van der Waals surface area contributed by atoms with Crippen molar-refractivity contribution in [2.24, 2.45) is 12.8 Å². The number of nitrogens with one attached hydrogen (secondary N) is 2. The van der Waals surface area contributed by atoms with Gasteiger partial charge < -0.3 is 11.1 Å². The predicted octanol–water partition coefficient (Wildman–Crippen LogP) is 3.23. The van der Waals surface area contributed by atoms with Gasteiger partial charge in [0.25, 0.3) is 5.91 Å². The van der Waals surface area contributed by atoms with Gasteiger partial charge in [0.05, 0.1) is 5.52 Å². The molecule has 0 aliphatic heterocycles. The van der Waals surface area contributed by atoms with Crippen LogP contribution in [0.4, 0.5) is 20.3 Å². The lowest BCUT2D eigenvalue weighted by molar-refractivity contribution is 0.0996. The van der Waals surface area contributed by atoms with Crippen LogP contribution in [-0.2, 0) is 7.05 Å². The second-order valence-corrected chi connectivity index (χ2v) is 7.20. The number of H-pyrrole nitrogens is 1. The van der Waals surface area contributed by atoms with Gasteiger partial charge in [-0.15, -0.1) is 0 Å². The number of halogens is 2. The predicted molar refractivity (Wildman–Crippen MR) is 103 cm³/mol. The molecule has 0 unspecified atom stereocenters. The Morgan fingerprint density at radius 3 is 2.83 bits per heavy atom. The number of nitrogens with two attached hydrogens (primary N) is 1. The van der Waals surface area contributed by atoms with Gasteiger partial charge in [-0.1, -0.05) is 6.42 Å². The summed E-state index contributed by atoms with van der Waals surface area (Å²) >= 11 is 0. The van der Waals surface area contributed by atoms with Crippen LogP contribution >= 0.6 is 0 Å². The van der Waals surface area contributed by atoms with Crippen molar-refractivity contribution in [3.05, 3.63) is 41.2 Å². The summed E-state index contributed by atoms with van der Waals surface area (Å²) in [7, 11) is 1.50. The van der Waals surface area contributed by atoms with Gasteiger partial charge in [-0.05, 0) is 30.9 Å². The molecule has 4 N–H and O–H groups in total. The summed E-state index contributed by atoms with van der Waals surface area (Å²) in [5, 5.41) is 13.8. The standard InChI is InChI=1S/C19H17F2N7O/c1-28-17-11(15(27-28)18(22)29)10(8-4-2-5-8)12(20)16(13(17)21)24-19-14-9(25-26-19)6-3-7-23-14/h3,6-8H,2,4-5H2,1H3,(H2,22,29)(H2,24,25,26). The van der Waals surface area contributed by atoms with E-state index in [1.165, 1.54) is 11.7 Å². The number of hydrogen-bond acceptors (Lipinski definition) is 5. The second-order valence-electron chi connectivity index (χ2n) is 7.20. The van der Waals surface area contributed by atoms with Gasteiger partial charge in [-0.2, -0.15) is 10.2 Å². The van der Waals surface area contributed by atoms with E-state index in [9.17, 15) is 4.79 Å². The monoisotopic (exact) mass is 397 g/mol. The average molecular weight is 397 g/mol. The molecule has 29 heavy (non-hydrogen) atoms. The topological polar surface area (TPSA) is 115 Å². The molecule has 0 spiro atoms. The second kappa shape index (κ2) is 6.23. The van der Waals surface area contributed by atoms with Gasteiger partial charge in [-0.25, -0.2) is 8.78 Å². The third-order valence-electron chi connectivity index (χ3n) is 5.51. The molecular weight excluding hydrogens is 380 g/mol. The fourth-order valence-corrected chi connectivity index (χ4v) is 3.91. The fourth-order valence-electron chi connectivity index (χ4n) is 3.91. The Balaban J connectivity index is 1.78. The molecule has 1 amide bonds. The smallest absolute Gasteiger partial charge is 0.269 e. The van der Waals surface area contributed by atoms with Crippen LogP contribution in [0.2, 0.25) is 0 Å².